The minimum absolute atomic E-state index is 0.0353. The predicted molar refractivity (Wildman–Crippen MR) is 132 cm³/mol. The smallest absolute Gasteiger partial charge is 0.312 e. The zero-order valence-electron chi connectivity index (χ0n) is 20.7. The average Bonchev–Trinajstić information content (AvgIpc) is 2.84. The Morgan fingerprint density at radius 3 is 2.28 bits per heavy atom. The number of aliphatic hydroxyl groups is 1. The van der Waals surface area contributed by atoms with E-state index in [0.29, 0.717) is 17.7 Å². The maximum Gasteiger partial charge on any atom is 0.312 e. The summed E-state index contributed by atoms with van der Waals surface area (Å²) in [6.45, 7) is 4.21. The molecule has 0 bridgehead atoms. The molecule has 1 aromatic rings. The minimum Gasteiger partial charge on any atom is -0.392 e. The molecule has 0 aromatic heterocycles. The average molecular weight is 511 g/mol. The van der Waals surface area contributed by atoms with Crippen LogP contribution >= 0.6 is 0 Å². The topological polar surface area (TPSA) is 207 Å². The molecule has 0 fully saturated rings. The lowest BCUT2D eigenvalue weighted by Crippen LogP contribution is -2.54. The Kier molecular flexibility index (Phi) is 14.7. The van der Waals surface area contributed by atoms with E-state index < -0.39 is 29.9 Å². The molecule has 13 heteroatoms. The van der Waals surface area contributed by atoms with E-state index in [4.69, 9.17) is 16.4 Å². The van der Waals surface area contributed by atoms with Gasteiger partial charge in [-0.1, -0.05) is 26.0 Å². The van der Waals surface area contributed by atoms with Gasteiger partial charge in [-0.15, -0.1) is 0 Å². The van der Waals surface area contributed by atoms with Crippen molar-refractivity contribution < 1.29 is 33.9 Å². The van der Waals surface area contributed by atoms with E-state index in [2.05, 4.69) is 26.1 Å². The lowest BCUT2D eigenvalue weighted by molar-refractivity contribution is -0.132. The molecule has 5 amide bonds. The molecule has 0 saturated heterocycles. The Bertz CT molecular complexity index is 835. The lowest BCUT2D eigenvalue weighted by atomic mass is 10.0. The van der Waals surface area contributed by atoms with Gasteiger partial charge in [-0.05, 0) is 36.5 Å². The van der Waals surface area contributed by atoms with Crippen LogP contribution in [0.15, 0.2) is 24.3 Å². The van der Waals surface area contributed by atoms with Crippen molar-refractivity contribution in [2.75, 3.05) is 31.7 Å². The summed E-state index contributed by atoms with van der Waals surface area (Å²) in [6.07, 6.45) is 0.614. The fourth-order valence-corrected chi connectivity index (χ4v) is 3.13. The summed E-state index contributed by atoms with van der Waals surface area (Å²) in [4.78, 5) is 53.6. The van der Waals surface area contributed by atoms with E-state index in [-0.39, 0.29) is 57.6 Å². The number of rotatable bonds is 17. The van der Waals surface area contributed by atoms with Crippen molar-refractivity contribution in [3.8, 4) is 0 Å². The van der Waals surface area contributed by atoms with Gasteiger partial charge in [-0.2, -0.15) is 0 Å². The van der Waals surface area contributed by atoms with Gasteiger partial charge in [0.25, 0.3) is 0 Å². The van der Waals surface area contributed by atoms with Gasteiger partial charge in [0.1, 0.15) is 12.1 Å². The van der Waals surface area contributed by atoms with Gasteiger partial charge in [0.05, 0.1) is 26.4 Å². The van der Waals surface area contributed by atoms with Gasteiger partial charge in [0.2, 0.25) is 17.7 Å². The normalized spacial score (nSPS) is 12.5. The van der Waals surface area contributed by atoms with Crippen molar-refractivity contribution >= 4 is 29.4 Å². The van der Waals surface area contributed by atoms with E-state index in [1.807, 2.05) is 0 Å². The van der Waals surface area contributed by atoms with Crippen LogP contribution in [0.3, 0.4) is 0 Å². The summed E-state index contributed by atoms with van der Waals surface area (Å²) in [7, 11) is 0. The Hall–Kier alpha value is -3.26. The number of hydrogen-bond donors (Lipinski definition) is 7. The lowest BCUT2D eigenvalue weighted by Gasteiger charge is -2.25. The molecule has 9 N–H and O–H groups in total. The third-order valence-corrected chi connectivity index (χ3v) is 5.09. The van der Waals surface area contributed by atoms with Gasteiger partial charge in [0, 0.05) is 18.7 Å². The molecule has 2 atom stereocenters. The van der Waals surface area contributed by atoms with Crippen LogP contribution < -0.4 is 32.9 Å². The zero-order valence-corrected chi connectivity index (χ0v) is 20.7. The van der Waals surface area contributed by atoms with E-state index >= 15 is 0 Å². The summed E-state index contributed by atoms with van der Waals surface area (Å²) in [6, 6.07) is 4.08. The van der Waals surface area contributed by atoms with E-state index in [1.165, 1.54) is 0 Å². The highest BCUT2D eigenvalue weighted by Crippen LogP contribution is 2.12. The SMILES string of the molecule is CC(C)[C@H](NC(=O)CCOCCON)C(=O)N[C@@H](CCCNC(N)=O)C(=O)Nc1ccc(CO)cc1. The number of aliphatic hydroxyl groups excluding tert-OH is 1. The molecule has 202 valence electrons. The van der Waals surface area contributed by atoms with Crippen LogP contribution in [-0.2, 0) is 30.6 Å². The van der Waals surface area contributed by atoms with Crippen molar-refractivity contribution in [3.05, 3.63) is 29.8 Å². The first-order valence-electron chi connectivity index (χ1n) is 11.7. The second kappa shape index (κ2) is 17.2. The van der Waals surface area contributed by atoms with Crippen LogP contribution in [0.1, 0.15) is 38.7 Å². The van der Waals surface area contributed by atoms with Gasteiger partial charge >= 0.3 is 6.03 Å². The standard InChI is InChI=1S/C23H38N6O7/c1-15(2)20(29-19(31)9-11-35-12-13-36-25)22(33)28-18(4-3-10-26-23(24)34)21(32)27-17-7-5-16(14-30)6-8-17/h5-8,15,18,20,30H,3-4,9-14,25H2,1-2H3,(H,27,32)(H,28,33)(H,29,31)(H3,24,26,34)/t18-,20-/m0/s1. The van der Waals surface area contributed by atoms with Gasteiger partial charge in [-0.3, -0.25) is 14.4 Å². The highest BCUT2D eigenvalue weighted by atomic mass is 16.6. The van der Waals surface area contributed by atoms with Crippen LogP contribution in [0, 0.1) is 5.92 Å². The Labute approximate surface area is 210 Å². The molecule has 0 radical (unpaired) electrons. The van der Waals surface area contributed by atoms with Crippen LogP contribution in [0.5, 0.6) is 0 Å². The van der Waals surface area contributed by atoms with Crippen LogP contribution in [0.4, 0.5) is 10.5 Å². The summed E-state index contributed by atoms with van der Waals surface area (Å²) in [5, 5.41) is 19.7. The van der Waals surface area contributed by atoms with Crippen LogP contribution in [-0.4, -0.2) is 67.3 Å². The maximum atomic E-state index is 13.0. The number of carbonyl (C=O) groups is 4. The number of benzene rings is 1. The number of nitrogens with one attached hydrogen (secondary N) is 4. The molecule has 0 unspecified atom stereocenters. The van der Waals surface area contributed by atoms with Crippen LogP contribution in [0.25, 0.3) is 0 Å². The molecule has 0 aliphatic carbocycles. The fraction of sp³-hybridized carbons (Fsp3) is 0.565. The van der Waals surface area contributed by atoms with E-state index in [1.54, 1.807) is 38.1 Å². The number of nitrogens with two attached hydrogens (primary N) is 2. The fourth-order valence-electron chi connectivity index (χ4n) is 3.13. The molecule has 0 aliphatic heterocycles. The van der Waals surface area contributed by atoms with E-state index in [9.17, 15) is 24.3 Å². The molecule has 0 saturated carbocycles. The molecule has 1 aromatic carbocycles. The van der Waals surface area contributed by atoms with Crippen LogP contribution in [0.2, 0.25) is 0 Å². The molecule has 36 heavy (non-hydrogen) atoms. The van der Waals surface area contributed by atoms with Crippen molar-refractivity contribution in [2.45, 2.75) is 51.8 Å². The Balaban J connectivity index is 2.81. The third-order valence-electron chi connectivity index (χ3n) is 5.09. The zero-order chi connectivity index (χ0) is 26.9. The summed E-state index contributed by atoms with van der Waals surface area (Å²) < 4.78 is 5.21. The molecular weight excluding hydrogens is 472 g/mol. The molecule has 13 nitrogen and oxygen atoms in total. The maximum absolute atomic E-state index is 13.0. The summed E-state index contributed by atoms with van der Waals surface area (Å²) >= 11 is 0. The molecule has 0 spiro atoms. The number of ether oxygens (including phenoxy) is 1. The third kappa shape index (κ3) is 12.4. The first-order valence-corrected chi connectivity index (χ1v) is 11.7. The molecule has 1 rings (SSSR count). The second-order valence-corrected chi connectivity index (χ2v) is 8.36. The number of hydrogen-bond acceptors (Lipinski definition) is 8. The first kappa shape index (κ1) is 30.8. The molecule has 0 heterocycles. The van der Waals surface area contributed by atoms with Crippen molar-refractivity contribution in [1.82, 2.24) is 16.0 Å². The number of amides is 5. The molecular formula is C23H38N6O7. The number of primary amides is 1. The Morgan fingerprint density at radius 1 is 1.00 bits per heavy atom. The monoisotopic (exact) mass is 510 g/mol. The number of anilines is 1. The molecule has 0 aliphatic rings. The van der Waals surface area contributed by atoms with Crippen molar-refractivity contribution in [3.63, 3.8) is 0 Å². The first-order chi connectivity index (χ1) is 17.2. The highest BCUT2D eigenvalue weighted by molar-refractivity contribution is 5.98. The van der Waals surface area contributed by atoms with Crippen molar-refractivity contribution in [1.29, 1.82) is 0 Å². The highest BCUT2D eigenvalue weighted by Gasteiger charge is 2.28. The quantitative estimate of drug-likeness (QED) is 0.107. The van der Waals surface area contributed by atoms with Gasteiger partial charge < -0.3 is 41.7 Å². The number of carbonyl (C=O) groups excluding carboxylic acids is 4. The van der Waals surface area contributed by atoms with Gasteiger partial charge in [-0.25, -0.2) is 10.7 Å². The summed E-state index contributed by atoms with van der Waals surface area (Å²) in [5.74, 6) is 3.28. The van der Waals surface area contributed by atoms with Crippen molar-refractivity contribution in [2.24, 2.45) is 17.5 Å². The second-order valence-electron chi connectivity index (χ2n) is 8.36. The summed E-state index contributed by atoms with van der Waals surface area (Å²) in [5.41, 5.74) is 6.25. The Morgan fingerprint density at radius 2 is 1.69 bits per heavy atom. The van der Waals surface area contributed by atoms with E-state index in [0.717, 1.165) is 0 Å². The number of urea groups is 1. The minimum atomic E-state index is -0.942. The predicted octanol–water partition coefficient (Wildman–Crippen LogP) is -0.511. The largest absolute Gasteiger partial charge is 0.392 e. The van der Waals surface area contributed by atoms with Gasteiger partial charge in [0.15, 0.2) is 0 Å².